The molecule has 1 amide bonds. The Morgan fingerprint density at radius 1 is 1.42 bits per heavy atom. The van der Waals surface area contributed by atoms with Crippen molar-refractivity contribution in [2.75, 3.05) is 20.1 Å². The van der Waals surface area contributed by atoms with Gasteiger partial charge in [-0.25, -0.2) is 0 Å². The molecule has 2 N–H and O–H groups in total. The number of nitrogens with one attached hydrogen (secondary N) is 2. The van der Waals surface area contributed by atoms with Gasteiger partial charge in [-0.3, -0.25) is 4.79 Å². The molecule has 0 aliphatic heterocycles. The summed E-state index contributed by atoms with van der Waals surface area (Å²) in [5.41, 5.74) is 0. The first-order chi connectivity index (χ1) is 5.45. The van der Waals surface area contributed by atoms with Crippen molar-refractivity contribution in [3.8, 4) is 0 Å². The lowest BCUT2D eigenvalue weighted by molar-refractivity contribution is -0.138. The quantitative estimate of drug-likeness (QED) is 0.658. The van der Waals surface area contributed by atoms with Gasteiger partial charge in [-0.1, -0.05) is 0 Å². The van der Waals surface area contributed by atoms with Crippen LogP contribution < -0.4 is 10.6 Å². The number of halogens is 3. The first-order valence-corrected chi connectivity index (χ1v) is 3.44. The molecule has 0 aromatic rings. The van der Waals surface area contributed by atoms with Gasteiger partial charge in [0.05, 0.1) is 0 Å². The van der Waals surface area contributed by atoms with Crippen LogP contribution in [0.3, 0.4) is 0 Å². The van der Waals surface area contributed by atoms with E-state index >= 15 is 0 Å². The van der Waals surface area contributed by atoms with Gasteiger partial charge >= 0.3 is 6.18 Å². The number of carbonyl (C=O) groups excluding carboxylic acids is 1. The molecule has 6 heteroatoms. The minimum Gasteiger partial charge on any atom is -0.347 e. The standard InChI is InChI=1S/C6H11F3N2O/c1-10-3-2-5(12)11-4-6(7,8)9/h10H,2-4H2,1H3,(H,11,12). The molecule has 0 aliphatic rings. The van der Waals surface area contributed by atoms with Gasteiger partial charge in [0.1, 0.15) is 6.54 Å². The second-order valence-corrected chi connectivity index (χ2v) is 2.25. The highest BCUT2D eigenvalue weighted by atomic mass is 19.4. The summed E-state index contributed by atoms with van der Waals surface area (Å²) in [7, 11) is 1.62. The average Bonchev–Trinajstić information content (AvgIpc) is 1.95. The zero-order valence-corrected chi connectivity index (χ0v) is 6.66. The van der Waals surface area contributed by atoms with Crippen molar-refractivity contribution in [2.45, 2.75) is 12.6 Å². The zero-order valence-electron chi connectivity index (χ0n) is 6.66. The molecule has 0 aromatic heterocycles. The summed E-state index contributed by atoms with van der Waals surface area (Å²) < 4.78 is 34.5. The van der Waals surface area contributed by atoms with Gasteiger partial charge in [0.15, 0.2) is 0 Å². The number of rotatable bonds is 4. The van der Waals surface area contributed by atoms with Crippen LogP contribution >= 0.6 is 0 Å². The van der Waals surface area contributed by atoms with Gasteiger partial charge in [-0.05, 0) is 7.05 Å². The van der Waals surface area contributed by atoms with E-state index in [2.05, 4.69) is 5.32 Å². The van der Waals surface area contributed by atoms with Crippen molar-refractivity contribution in [3.05, 3.63) is 0 Å². The molecule has 12 heavy (non-hydrogen) atoms. The lowest BCUT2D eigenvalue weighted by Gasteiger charge is -2.07. The van der Waals surface area contributed by atoms with Crippen molar-refractivity contribution in [3.63, 3.8) is 0 Å². The first-order valence-electron chi connectivity index (χ1n) is 3.44. The summed E-state index contributed by atoms with van der Waals surface area (Å²) >= 11 is 0. The van der Waals surface area contributed by atoms with E-state index in [1.807, 2.05) is 0 Å². The molecule has 0 atom stereocenters. The van der Waals surface area contributed by atoms with E-state index in [9.17, 15) is 18.0 Å². The molecule has 0 saturated heterocycles. The Hall–Kier alpha value is -0.780. The zero-order chi connectivity index (χ0) is 9.61. The molecular formula is C6H11F3N2O. The van der Waals surface area contributed by atoms with Crippen molar-refractivity contribution < 1.29 is 18.0 Å². The summed E-state index contributed by atoms with van der Waals surface area (Å²) in [6.07, 6.45) is -4.26. The van der Waals surface area contributed by atoms with Crippen molar-refractivity contribution in [1.82, 2.24) is 10.6 Å². The smallest absolute Gasteiger partial charge is 0.347 e. The number of amides is 1. The number of carbonyl (C=O) groups is 1. The summed E-state index contributed by atoms with van der Waals surface area (Å²) in [5, 5.41) is 4.41. The molecule has 0 radical (unpaired) electrons. The SMILES string of the molecule is CNCCC(=O)NCC(F)(F)F. The van der Waals surface area contributed by atoms with Crippen LogP contribution in [-0.2, 0) is 4.79 Å². The summed E-state index contributed by atoms with van der Waals surface area (Å²) in [5.74, 6) is -0.596. The lowest BCUT2D eigenvalue weighted by atomic mass is 10.4. The highest BCUT2D eigenvalue weighted by Crippen LogP contribution is 2.11. The Morgan fingerprint density at radius 3 is 2.42 bits per heavy atom. The maximum Gasteiger partial charge on any atom is 0.405 e. The molecule has 3 nitrogen and oxygen atoms in total. The Bertz CT molecular complexity index is 146. The van der Waals surface area contributed by atoms with E-state index in [1.54, 1.807) is 12.4 Å². The first kappa shape index (κ1) is 11.2. The second kappa shape index (κ2) is 4.97. The van der Waals surface area contributed by atoms with Crippen LogP contribution in [0, 0.1) is 0 Å². The lowest BCUT2D eigenvalue weighted by Crippen LogP contribution is -2.34. The largest absolute Gasteiger partial charge is 0.405 e. The van der Waals surface area contributed by atoms with E-state index in [1.165, 1.54) is 0 Å². The maximum atomic E-state index is 11.5. The normalized spacial score (nSPS) is 11.3. The number of hydrogen-bond acceptors (Lipinski definition) is 2. The van der Waals surface area contributed by atoms with Gasteiger partial charge in [-0.2, -0.15) is 13.2 Å². The van der Waals surface area contributed by atoms with Gasteiger partial charge < -0.3 is 10.6 Å². The molecule has 72 valence electrons. The predicted octanol–water partition coefficient (Wildman–Crippen LogP) is 0.274. The fourth-order valence-electron chi connectivity index (χ4n) is 0.526. The van der Waals surface area contributed by atoms with E-state index in [0.29, 0.717) is 6.54 Å². The molecule has 0 fully saturated rings. The van der Waals surface area contributed by atoms with Gasteiger partial charge in [0.25, 0.3) is 0 Å². The fraction of sp³-hybridized carbons (Fsp3) is 0.833. The minimum absolute atomic E-state index is 0.0621. The molecule has 0 unspecified atom stereocenters. The van der Waals surface area contributed by atoms with Crippen molar-refractivity contribution >= 4 is 5.91 Å². The minimum atomic E-state index is -4.32. The van der Waals surface area contributed by atoms with Crippen LogP contribution in [0.15, 0.2) is 0 Å². The molecule has 0 rings (SSSR count). The second-order valence-electron chi connectivity index (χ2n) is 2.25. The fourth-order valence-corrected chi connectivity index (χ4v) is 0.526. The Balaban J connectivity index is 3.44. The number of alkyl halides is 3. The highest BCUT2D eigenvalue weighted by Gasteiger charge is 2.27. The summed E-state index contributed by atoms with van der Waals surface area (Å²) in [6.45, 7) is -0.876. The average molecular weight is 184 g/mol. The third-order valence-electron chi connectivity index (χ3n) is 1.09. The Morgan fingerprint density at radius 2 is 2.00 bits per heavy atom. The monoisotopic (exact) mass is 184 g/mol. The van der Waals surface area contributed by atoms with Gasteiger partial charge in [-0.15, -0.1) is 0 Å². The topological polar surface area (TPSA) is 41.1 Å². The third kappa shape index (κ3) is 7.33. The number of hydrogen-bond donors (Lipinski definition) is 2. The van der Waals surface area contributed by atoms with Crippen molar-refractivity contribution in [2.24, 2.45) is 0 Å². The van der Waals surface area contributed by atoms with E-state index in [4.69, 9.17) is 0 Å². The summed E-state index contributed by atoms with van der Waals surface area (Å²) in [4.78, 5) is 10.6. The third-order valence-corrected chi connectivity index (χ3v) is 1.09. The molecule has 0 aliphatic carbocycles. The Kier molecular flexibility index (Phi) is 4.65. The summed E-state index contributed by atoms with van der Waals surface area (Å²) in [6, 6.07) is 0. The van der Waals surface area contributed by atoms with E-state index in [-0.39, 0.29) is 6.42 Å². The predicted molar refractivity (Wildman–Crippen MR) is 37.6 cm³/mol. The van der Waals surface area contributed by atoms with E-state index < -0.39 is 18.6 Å². The molecular weight excluding hydrogens is 173 g/mol. The van der Waals surface area contributed by atoms with Gasteiger partial charge in [0, 0.05) is 13.0 Å². The molecule has 0 saturated carbocycles. The molecule has 0 aromatic carbocycles. The maximum absolute atomic E-state index is 11.5. The van der Waals surface area contributed by atoms with E-state index in [0.717, 1.165) is 0 Å². The molecule has 0 bridgehead atoms. The molecule has 0 spiro atoms. The molecule has 0 heterocycles. The van der Waals surface area contributed by atoms with Crippen LogP contribution in [0.5, 0.6) is 0 Å². The van der Waals surface area contributed by atoms with Crippen LogP contribution in [0.1, 0.15) is 6.42 Å². The van der Waals surface area contributed by atoms with Crippen LogP contribution in [0.4, 0.5) is 13.2 Å². The van der Waals surface area contributed by atoms with Gasteiger partial charge in [0.2, 0.25) is 5.91 Å². The Labute approximate surface area is 68.3 Å². The van der Waals surface area contributed by atoms with Crippen LogP contribution in [0.25, 0.3) is 0 Å². The highest BCUT2D eigenvalue weighted by molar-refractivity contribution is 5.76. The van der Waals surface area contributed by atoms with Crippen LogP contribution in [0.2, 0.25) is 0 Å². The van der Waals surface area contributed by atoms with Crippen molar-refractivity contribution in [1.29, 1.82) is 0 Å². The van der Waals surface area contributed by atoms with Crippen LogP contribution in [-0.4, -0.2) is 32.2 Å².